The van der Waals surface area contributed by atoms with Crippen LogP contribution in [0.2, 0.25) is 0 Å². The minimum Gasteiger partial charge on any atom is -0.356 e. The Bertz CT molecular complexity index is 766. The summed E-state index contributed by atoms with van der Waals surface area (Å²) in [6.45, 7) is 9.35. The van der Waals surface area contributed by atoms with E-state index in [1.54, 1.807) is 11.3 Å². The highest BCUT2D eigenvalue weighted by Crippen LogP contribution is 2.17. The summed E-state index contributed by atoms with van der Waals surface area (Å²) in [4.78, 5) is 12.7. The van der Waals surface area contributed by atoms with Gasteiger partial charge in [0.05, 0.1) is 10.7 Å². The summed E-state index contributed by atoms with van der Waals surface area (Å²) in [5, 5.41) is 7.95. The Labute approximate surface area is 196 Å². The molecule has 2 aromatic rings. The third-order valence-corrected chi connectivity index (χ3v) is 6.34. The predicted octanol–water partition coefficient (Wildman–Crippen LogP) is 4.27. The molecule has 2 heterocycles. The van der Waals surface area contributed by atoms with Crippen LogP contribution in [0.3, 0.4) is 0 Å². The SMILES string of the molecule is CN=C(NCCc1sc(C)nc1C)NCc1ccc(CN2CCCCC2)cc1.I. The molecule has 160 valence electrons. The van der Waals surface area contributed by atoms with Gasteiger partial charge in [0.25, 0.3) is 0 Å². The number of hydrogen-bond donors (Lipinski definition) is 2. The summed E-state index contributed by atoms with van der Waals surface area (Å²) in [5.41, 5.74) is 3.83. The van der Waals surface area contributed by atoms with Crippen molar-refractivity contribution in [3.63, 3.8) is 0 Å². The van der Waals surface area contributed by atoms with Crippen LogP contribution < -0.4 is 10.6 Å². The Balaban J connectivity index is 0.00000300. The standard InChI is InChI=1S/C22H33N5S.HI/c1-17-21(28-18(2)26-17)11-12-24-22(23-3)25-15-19-7-9-20(10-8-19)16-27-13-5-4-6-14-27;/h7-10H,4-6,11-16H2,1-3H3,(H2,23,24,25);1H. The zero-order valence-corrected chi connectivity index (χ0v) is 21.0. The summed E-state index contributed by atoms with van der Waals surface area (Å²) in [7, 11) is 1.82. The number of piperidine rings is 1. The summed E-state index contributed by atoms with van der Waals surface area (Å²) >= 11 is 1.78. The molecule has 1 aromatic carbocycles. The van der Waals surface area contributed by atoms with E-state index in [-0.39, 0.29) is 24.0 Å². The predicted molar refractivity (Wildman–Crippen MR) is 134 cm³/mol. The highest BCUT2D eigenvalue weighted by molar-refractivity contribution is 14.0. The number of guanidine groups is 1. The van der Waals surface area contributed by atoms with Crippen molar-refractivity contribution in [2.45, 2.75) is 52.6 Å². The highest BCUT2D eigenvalue weighted by atomic mass is 127. The lowest BCUT2D eigenvalue weighted by molar-refractivity contribution is 0.221. The molecule has 1 saturated heterocycles. The second kappa shape index (κ2) is 12.5. The molecule has 1 aromatic heterocycles. The maximum absolute atomic E-state index is 4.49. The number of nitrogens with zero attached hydrogens (tertiary/aromatic N) is 3. The molecule has 0 bridgehead atoms. The first-order chi connectivity index (χ1) is 13.6. The maximum atomic E-state index is 4.49. The molecule has 29 heavy (non-hydrogen) atoms. The van der Waals surface area contributed by atoms with Crippen LogP contribution in [0.15, 0.2) is 29.3 Å². The number of thiazole rings is 1. The van der Waals surface area contributed by atoms with Crippen LogP contribution in [0.25, 0.3) is 0 Å². The van der Waals surface area contributed by atoms with Crippen LogP contribution >= 0.6 is 35.3 Å². The molecule has 3 rings (SSSR count). The number of halogens is 1. The normalized spacial score (nSPS) is 15.1. The highest BCUT2D eigenvalue weighted by Gasteiger charge is 2.10. The molecule has 0 spiro atoms. The molecule has 0 radical (unpaired) electrons. The number of rotatable bonds is 7. The van der Waals surface area contributed by atoms with Crippen molar-refractivity contribution in [2.24, 2.45) is 4.99 Å². The van der Waals surface area contributed by atoms with E-state index in [1.807, 2.05) is 7.05 Å². The molecule has 1 fully saturated rings. The molecule has 2 N–H and O–H groups in total. The number of aryl methyl sites for hydroxylation is 2. The summed E-state index contributed by atoms with van der Waals surface area (Å²) in [5.74, 6) is 0.844. The number of hydrogen-bond acceptors (Lipinski definition) is 4. The van der Waals surface area contributed by atoms with Crippen molar-refractivity contribution in [3.05, 3.63) is 51.0 Å². The van der Waals surface area contributed by atoms with E-state index in [1.165, 1.54) is 48.4 Å². The number of aromatic nitrogens is 1. The van der Waals surface area contributed by atoms with Gasteiger partial charge in [-0.05, 0) is 50.9 Å². The monoisotopic (exact) mass is 527 g/mol. The summed E-state index contributed by atoms with van der Waals surface area (Å²) < 4.78 is 0. The van der Waals surface area contributed by atoms with Crippen molar-refractivity contribution < 1.29 is 0 Å². The maximum Gasteiger partial charge on any atom is 0.191 e. The second-order valence-corrected chi connectivity index (χ2v) is 8.79. The lowest BCUT2D eigenvalue weighted by Crippen LogP contribution is -2.37. The quantitative estimate of drug-likeness (QED) is 0.321. The van der Waals surface area contributed by atoms with Gasteiger partial charge in [0.1, 0.15) is 0 Å². The van der Waals surface area contributed by atoms with Crippen molar-refractivity contribution in [2.75, 3.05) is 26.7 Å². The molecule has 1 aliphatic rings. The van der Waals surface area contributed by atoms with E-state index < -0.39 is 0 Å². The molecule has 0 unspecified atom stereocenters. The Morgan fingerprint density at radius 1 is 1.07 bits per heavy atom. The first kappa shape index (κ1) is 24.1. The van der Waals surface area contributed by atoms with Crippen molar-refractivity contribution in [1.82, 2.24) is 20.5 Å². The Morgan fingerprint density at radius 3 is 2.38 bits per heavy atom. The topological polar surface area (TPSA) is 52.6 Å². The Kier molecular flexibility index (Phi) is 10.4. The van der Waals surface area contributed by atoms with Crippen LogP contribution in [-0.2, 0) is 19.5 Å². The van der Waals surface area contributed by atoms with Gasteiger partial charge in [0.15, 0.2) is 5.96 Å². The first-order valence-electron chi connectivity index (χ1n) is 10.3. The van der Waals surface area contributed by atoms with Gasteiger partial charge >= 0.3 is 0 Å². The van der Waals surface area contributed by atoms with Gasteiger partial charge in [-0.3, -0.25) is 9.89 Å². The third-order valence-electron chi connectivity index (χ3n) is 5.21. The average molecular weight is 528 g/mol. The molecule has 5 nitrogen and oxygen atoms in total. The van der Waals surface area contributed by atoms with Gasteiger partial charge in [0, 0.05) is 38.0 Å². The smallest absolute Gasteiger partial charge is 0.191 e. The van der Waals surface area contributed by atoms with Gasteiger partial charge < -0.3 is 10.6 Å². The van der Waals surface area contributed by atoms with Gasteiger partial charge in [-0.1, -0.05) is 30.7 Å². The lowest BCUT2D eigenvalue weighted by atomic mass is 10.1. The molecular formula is C22H34IN5S. The van der Waals surface area contributed by atoms with E-state index in [9.17, 15) is 0 Å². The zero-order chi connectivity index (χ0) is 19.8. The van der Waals surface area contributed by atoms with Gasteiger partial charge in [-0.25, -0.2) is 4.98 Å². The van der Waals surface area contributed by atoms with E-state index in [2.05, 4.69) is 63.6 Å². The summed E-state index contributed by atoms with van der Waals surface area (Å²) in [6.07, 6.45) is 5.05. The van der Waals surface area contributed by atoms with E-state index >= 15 is 0 Å². The number of benzene rings is 1. The second-order valence-electron chi connectivity index (χ2n) is 7.50. The van der Waals surface area contributed by atoms with Crippen LogP contribution in [0.5, 0.6) is 0 Å². The molecule has 7 heteroatoms. The van der Waals surface area contributed by atoms with Crippen molar-refractivity contribution in [3.8, 4) is 0 Å². The van der Waals surface area contributed by atoms with Crippen LogP contribution in [-0.4, -0.2) is 42.5 Å². The number of likely N-dealkylation sites (tertiary alicyclic amines) is 1. The number of aliphatic imine (C=N–C) groups is 1. The molecule has 0 amide bonds. The minimum absolute atomic E-state index is 0. The lowest BCUT2D eigenvalue weighted by Gasteiger charge is -2.26. The van der Waals surface area contributed by atoms with Crippen molar-refractivity contribution in [1.29, 1.82) is 0 Å². The Hall–Kier alpha value is -1.19. The van der Waals surface area contributed by atoms with E-state index in [4.69, 9.17) is 0 Å². The minimum atomic E-state index is 0. The van der Waals surface area contributed by atoms with Crippen LogP contribution in [0.1, 0.15) is 46.0 Å². The zero-order valence-electron chi connectivity index (χ0n) is 17.8. The molecule has 1 aliphatic heterocycles. The van der Waals surface area contributed by atoms with E-state index in [0.717, 1.165) is 42.7 Å². The van der Waals surface area contributed by atoms with Crippen LogP contribution in [0.4, 0.5) is 0 Å². The average Bonchev–Trinajstić information content (AvgIpc) is 3.03. The molecule has 0 aliphatic carbocycles. The van der Waals surface area contributed by atoms with Crippen molar-refractivity contribution >= 4 is 41.3 Å². The molecular weight excluding hydrogens is 493 g/mol. The summed E-state index contributed by atoms with van der Waals surface area (Å²) in [6, 6.07) is 8.97. The molecule has 0 saturated carbocycles. The van der Waals surface area contributed by atoms with E-state index in [0.29, 0.717) is 0 Å². The first-order valence-corrected chi connectivity index (χ1v) is 11.1. The third kappa shape index (κ3) is 7.86. The Morgan fingerprint density at radius 2 is 1.76 bits per heavy atom. The molecule has 0 atom stereocenters. The van der Waals surface area contributed by atoms with Gasteiger partial charge in [0.2, 0.25) is 0 Å². The van der Waals surface area contributed by atoms with Gasteiger partial charge in [-0.2, -0.15) is 0 Å². The van der Waals surface area contributed by atoms with Gasteiger partial charge in [-0.15, -0.1) is 35.3 Å². The number of nitrogens with one attached hydrogen (secondary N) is 2. The van der Waals surface area contributed by atoms with Crippen LogP contribution in [0, 0.1) is 13.8 Å². The fourth-order valence-corrected chi connectivity index (χ4v) is 4.58. The fourth-order valence-electron chi connectivity index (χ4n) is 3.64. The largest absolute Gasteiger partial charge is 0.356 e. The fraction of sp³-hybridized carbons (Fsp3) is 0.545.